The number of alkyl halides is 3. The van der Waals surface area contributed by atoms with Crippen LogP contribution in [0.4, 0.5) is 13.2 Å². The number of hydrogen-bond donors (Lipinski definition) is 0. The molecule has 32 heavy (non-hydrogen) atoms. The van der Waals surface area contributed by atoms with E-state index in [0.29, 0.717) is 17.5 Å². The molecule has 8 nitrogen and oxygen atoms in total. The number of fused-ring (bicyclic) bond motifs is 10. The summed E-state index contributed by atoms with van der Waals surface area (Å²) in [5.74, 6) is 0.0299. The molecule has 0 aliphatic carbocycles. The quantitative estimate of drug-likeness (QED) is 0.340. The Bertz CT molecular complexity index is 1430. The molecule has 0 aromatic carbocycles. The minimum atomic E-state index is -4.60. The Morgan fingerprint density at radius 2 is 1.78 bits per heavy atom. The maximum absolute atomic E-state index is 13.6. The van der Waals surface area contributed by atoms with E-state index in [1.165, 1.54) is 4.68 Å². The smallest absolute Gasteiger partial charge is 0.206 e. The van der Waals surface area contributed by atoms with Crippen molar-refractivity contribution < 1.29 is 22.3 Å². The van der Waals surface area contributed by atoms with E-state index in [1.54, 1.807) is 34.6 Å². The minimum Gasteiger partial charge on any atom is -0.206 e. The SMILES string of the molecule is Cc1nc2n(n1)C1(n3nc(C(F)(F)F)cc3-c3nccc[n+]31)[n+]1ccc(C(C)(C)C)cc1-2. The van der Waals surface area contributed by atoms with Gasteiger partial charge in [-0.2, -0.15) is 18.3 Å². The fourth-order valence-electron chi connectivity index (χ4n) is 4.51. The van der Waals surface area contributed by atoms with E-state index in [1.807, 2.05) is 22.9 Å². The molecule has 4 aromatic heterocycles. The zero-order valence-electron chi connectivity index (χ0n) is 17.8. The standard InChI is InChI=1S/C21H19F3N8/c1-12-26-18-14-10-13(19(2,3)4)6-9-29(14)21(32(18)27-12)30-8-5-7-25-17(30)15-11-16(20(22,23)24)28-31(15)21/h5-11H,1-4H3/q+2. The second-order valence-corrected chi connectivity index (χ2v) is 9.05. The maximum atomic E-state index is 13.6. The Labute approximate surface area is 180 Å². The molecule has 2 aliphatic rings. The summed E-state index contributed by atoms with van der Waals surface area (Å²) in [4.78, 5) is 8.99. The van der Waals surface area contributed by atoms with Crippen molar-refractivity contribution in [2.75, 3.05) is 0 Å². The lowest BCUT2D eigenvalue weighted by Crippen LogP contribution is -2.77. The molecule has 0 N–H and O–H groups in total. The summed E-state index contributed by atoms with van der Waals surface area (Å²) in [5, 5.41) is 8.61. The number of pyridine rings is 1. The molecule has 4 aromatic rings. The number of halogens is 3. The predicted molar refractivity (Wildman–Crippen MR) is 104 cm³/mol. The first-order chi connectivity index (χ1) is 15.0. The van der Waals surface area contributed by atoms with E-state index in [9.17, 15) is 13.2 Å². The van der Waals surface area contributed by atoms with Crippen LogP contribution < -0.4 is 9.13 Å². The third-order valence-corrected chi connectivity index (χ3v) is 5.95. The fourth-order valence-corrected chi connectivity index (χ4v) is 4.51. The molecule has 2 aliphatic heterocycles. The second kappa shape index (κ2) is 5.59. The van der Waals surface area contributed by atoms with Gasteiger partial charge in [-0.3, -0.25) is 0 Å². The van der Waals surface area contributed by atoms with Crippen molar-refractivity contribution >= 4 is 0 Å². The Kier molecular flexibility index (Phi) is 3.33. The normalized spacial score (nSPS) is 18.6. The third-order valence-electron chi connectivity index (χ3n) is 5.95. The van der Waals surface area contributed by atoms with Gasteiger partial charge in [-0.1, -0.05) is 20.8 Å². The molecular weight excluding hydrogens is 421 g/mol. The first kappa shape index (κ1) is 19.1. The highest BCUT2D eigenvalue weighted by Gasteiger charge is 2.68. The lowest BCUT2D eigenvalue weighted by atomic mass is 9.87. The Morgan fingerprint density at radius 1 is 1.00 bits per heavy atom. The summed E-state index contributed by atoms with van der Waals surface area (Å²) in [6, 6.07) is 6.73. The number of hydrogen-bond acceptors (Lipinski definition) is 4. The van der Waals surface area contributed by atoms with Crippen molar-refractivity contribution in [2.45, 2.75) is 45.2 Å². The molecule has 0 bridgehead atoms. The third kappa shape index (κ3) is 2.17. The number of aryl methyl sites for hydroxylation is 1. The van der Waals surface area contributed by atoms with Crippen LogP contribution in [0.1, 0.15) is 37.9 Å². The van der Waals surface area contributed by atoms with Crippen molar-refractivity contribution in [1.29, 1.82) is 0 Å². The highest BCUT2D eigenvalue weighted by molar-refractivity contribution is 5.54. The van der Waals surface area contributed by atoms with Crippen molar-refractivity contribution in [3.05, 3.63) is 59.9 Å². The molecule has 6 heterocycles. The summed E-state index contributed by atoms with van der Waals surface area (Å²) in [7, 11) is 0. The van der Waals surface area contributed by atoms with Gasteiger partial charge in [-0.25, -0.2) is 4.98 Å². The van der Waals surface area contributed by atoms with Crippen LogP contribution in [0.15, 0.2) is 42.9 Å². The van der Waals surface area contributed by atoms with Crippen LogP contribution in [-0.2, 0) is 17.5 Å². The van der Waals surface area contributed by atoms with Crippen LogP contribution in [0.2, 0.25) is 0 Å². The Balaban J connectivity index is 1.76. The summed E-state index contributed by atoms with van der Waals surface area (Å²) in [6.45, 7) is 8.06. The zero-order chi connectivity index (χ0) is 22.6. The Hall–Kier alpha value is -3.63. The molecule has 162 valence electrons. The van der Waals surface area contributed by atoms with Crippen LogP contribution in [0.25, 0.3) is 23.0 Å². The minimum absolute atomic E-state index is 0.131. The van der Waals surface area contributed by atoms with Gasteiger partial charge in [0.25, 0.3) is 5.69 Å². The van der Waals surface area contributed by atoms with Gasteiger partial charge in [0.05, 0.1) is 0 Å². The van der Waals surface area contributed by atoms with Gasteiger partial charge in [0, 0.05) is 24.3 Å². The van der Waals surface area contributed by atoms with Crippen LogP contribution in [0.5, 0.6) is 0 Å². The lowest BCUT2D eigenvalue weighted by molar-refractivity contribution is -0.991. The van der Waals surface area contributed by atoms with E-state index in [2.05, 4.69) is 40.9 Å². The number of rotatable bonds is 0. The first-order valence-electron chi connectivity index (χ1n) is 10.1. The second-order valence-electron chi connectivity index (χ2n) is 9.05. The highest BCUT2D eigenvalue weighted by atomic mass is 19.4. The molecule has 0 saturated carbocycles. The molecule has 6 rings (SSSR count). The fraction of sp³-hybridized carbons (Fsp3) is 0.333. The van der Waals surface area contributed by atoms with E-state index in [4.69, 9.17) is 0 Å². The van der Waals surface area contributed by atoms with Crippen LogP contribution in [0.3, 0.4) is 0 Å². The molecule has 0 amide bonds. The molecular formula is C21H19F3N8+2. The van der Waals surface area contributed by atoms with Crippen LogP contribution >= 0.6 is 0 Å². The topological polar surface area (TPSA) is 69.2 Å². The van der Waals surface area contributed by atoms with Crippen molar-refractivity contribution in [2.24, 2.45) is 0 Å². The molecule has 1 atom stereocenters. The Morgan fingerprint density at radius 3 is 2.50 bits per heavy atom. The summed E-state index contributed by atoms with van der Waals surface area (Å²) < 4.78 is 47.5. The van der Waals surface area contributed by atoms with Gasteiger partial charge in [0.1, 0.15) is 18.2 Å². The van der Waals surface area contributed by atoms with Gasteiger partial charge in [-0.05, 0) is 22.9 Å². The molecule has 1 unspecified atom stereocenters. The van der Waals surface area contributed by atoms with Gasteiger partial charge in [0.2, 0.25) is 5.82 Å². The molecule has 0 saturated heterocycles. The van der Waals surface area contributed by atoms with Crippen molar-refractivity contribution in [3.63, 3.8) is 0 Å². The van der Waals surface area contributed by atoms with Gasteiger partial charge >= 0.3 is 17.9 Å². The average molecular weight is 440 g/mol. The lowest BCUT2D eigenvalue weighted by Gasteiger charge is -2.20. The van der Waals surface area contributed by atoms with E-state index in [0.717, 1.165) is 17.3 Å². The van der Waals surface area contributed by atoms with Crippen LogP contribution in [0, 0.1) is 6.92 Å². The van der Waals surface area contributed by atoms with Gasteiger partial charge in [-0.15, -0.1) is 23.6 Å². The molecule has 1 spiro atoms. The molecule has 11 heteroatoms. The van der Waals surface area contributed by atoms with Gasteiger partial charge < -0.3 is 0 Å². The highest BCUT2D eigenvalue weighted by Crippen LogP contribution is 2.39. The summed E-state index contributed by atoms with van der Waals surface area (Å²) >= 11 is 0. The number of nitrogens with zero attached hydrogens (tertiary/aromatic N) is 8. The first-order valence-corrected chi connectivity index (χ1v) is 10.1. The summed E-state index contributed by atoms with van der Waals surface area (Å²) in [5.41, 5.74) is 0.935. The largest absolute Gasteiger partial charge is 0.527 e. The average Bonchev–Trinajstić information content (AvgIpc) is 3.42. The molecule has 0 fully saturated rings. The maximum Gasteiger partial charge on any atom is 0.527 e. The van der Waals surface area contributed by atoms with Crippen LogP contribution in [-0.4, -0.2) is 29.5 Å². The van der Waals surface area contributed by atoms with E-state index in [-0.39, 0.29) is 11.1 Å². The van der Waals surface area contributed by atoms with Crippen molar-refractivity contribution in [1.82, 2.24) is 29.5 Å². The predicted octanol–water partition coefficient (Wildman–Crippen LogP) is 2.24. The van der Waals surface area contributed by atoms with E-state index < -0.39 is 17.8 Å². The molecule has 0 radical (unpaired) electrons. The van der Waals surface area contributed by atoms with Crippen molar-refractivity contribution in [3.8, 4) is 23.0 Å². The van der Waals surface area contributed by atoms with E-state index >= 15 is 0 Å². The summed E-state index contributed by atoms with van der Waals surface area (Å²) in [6.07, 6.45) is 0.577. The zero-order valence-corrected chi connectivity index (χ0v) is 17.8. The number of aromatic nitrogens is 8. The monoisotopic (exact) mass is 440 g/mol. The van der Waals surface area contributed by atoms with Gasteiger partial charge in [0.15, 0.2) is 17.6 Å².